The van der Waals surface area contributed by atoms with Gasteiger partial charge in [-0.2, -0.15) is 13.2 Å². The van der Waals surface area contributed by atoms with Crippen LogP contribution in [-0.2, 0) is 4.79 Å². The topological polar surface area (TPSA) is 49.6 Å². The highest BCUT2D eigenvalue weighted by molar-refractivity contribution is 5.85. The van der Waals surface area contributed by atoms with Gasteiger partial charge in [0.05, 0.1) is 6.54 Å². The van der Waals surface area contributed by atoms with Crippen molar-refractivity contribution in [1.82, 2.24) is 9.80 Å². The first-order valence-corrected chi connectivity index (χ1v) is 5.60. The van der Waals surface area contributed by atoms with Crippen LogP contribution in [0.15, 0.2) is 0 Å². The maximum absolute atomic E-state index is 12.1. The van der Waals surface area contributed by atoms with E-state index >= 15 is 0 Å². The highest BCUT2D eigenvalue weighted by atomic mass is 35.5. The molecule has 0 aliphatic carbocycles. The summed E-state index contributed by atoms with van der Waals surface area (Å²) in [6.07, 6.45) is -3.92. The van der Waals surface area contributed by atoms with Crippen LogP contribution in [0.25, 0.3) is 0 Å². The molecule has 1 amide bonds. The lowest BCUT2D eigenvalue weighted by Gasteiger charge is -2.35. The summed E-state index contributed by atoms with van der Waals surface area (Å²) in [6, 6.07) is -0.212. The minimum atomic E-state index is -4.17. The van der Waals surface area contributed by atoms with Crippen molar-refractivity contribution in [3.63, 3.8) is 0 Å². The average molecular weight is 326 g/mol. The Bertz CT molecular complexity index is 269. The van der Waals surface area contributed by atoms with Gasteiger partial charge in [0.2, 0.25) is 5.91 Å². The first kappa shape index (κ1) is 21.1. The maximum atomic E-state index is 12.1. The Hall–Kier alpha value is -0.240. The van der Waals surface area contributed by atoms with Crippen molar-refractivity contribution in [3.8, 4) is 0 Å². The van der Waals surface area contributed by atoms with Gasteiger partial charge >= 0.3 is 6.18 Å². The summed E-state index contributed by atoms with van der Waals surface area (Å²) in [5, 5.41) is 0. The van der Waals surface area contributed by atoms with Crippen molar-refractivity contribution >= 4 is 30.7 Å². The first-order chi connectivity index (χ1) is 7.78. The lowest BCUT2D eigenvalue weighted by molar-refractivity contribution is -0.151. The average Bonchev–Trinajstić information content (AvgIpc) is 2.15. The molecule has 0 saturated carbocycles. The van der Waals surface area contributed by atoms with E-state index < -0.39 is 12.7 Å². The van der Waals surface area contributed by atoms with E-state index in [9.17, 15) is 18.0 Å². The number of piperazine rings is 1. The molecule has 0 aromatic carbocycles. The van der Waals surface area contributed by atoms with E-state index in [4.69, 9.17) is 5.73 Å². The monoisotopic (exact) mass is 325 g/mol. The van der Waals surface area contributed by atoms with Crippen LogP contribution in [0.5, 0.6) is 0 Å². The van der Waals surface area contributed by atoms with Gasteiger partial charge in [-0.25, -0.2) is 0 Å². The number of amides is 1. The lowest BCUT2D eigenvalue weighted by atomic mass is 10.2. The molecule has 0 aromatic rings. The van der Waals surface area contributed by atoms with Crippen molar-refractivity contribution in [2.45, 2.75) is 25.6 Å². The third-order valence-corrected chi connectivity index (χ3v) is 2.62. The van der Waals surface area contributed by atoms with Crippen LogP contribution >= 0.6 is 24.8 Å². The van der Waals surface area contributed by atoms with Gasteiger partial charge in [0.25, 0.3) is 0 Å². The van der Waals surface area contributed by atoms with Crippen molar-refractivity contribution in [3.05, 3.63) is 0 Å². The van der Waals surface area contributed by atoms with E-state index in [0.29, 0.717) is 13.1 Å². The molecule has 0 radical (unpaired) electrons. The predicted octanol–water partition coefficient (Wildman–Crippen LogP) is 1.27. The summed E-state index contributed by atoms with van der Waals surface area (Å²) < 4.78 is 36.4. The molecule has 1 atom stereocenters. The zero-order chi connectivity index (χ0) is 13.1. The van der Waals surface area contributed by atoms with Crippen LogP contribution in [-0.4, -0.2) is 60.6 Å². The predicted molar refractivity (Wildman–Crippen MR) is 71.8 cm³/mol. The van der Waals surface area contributed by atoms with Gasteiger partial charge in [-0.05, 0) is 6.92 Å². The lowest BCUT2D eigenvalue weighted by Crippen LogP contribution is -2.51. The van der Waals surface area contributed by atoms with E-state index in [1.165, 1.54) is 4.90 Å². The minimum absolute atomic E-state index is 0. The fourth-order valence-electron chi connectivity index (χ4n) is 1.81. The van der Waals surface area contributed by atoms with Gasteiger partial charge in [0.1, 0.15) is 0 Å². The molecule has 1 fully saturated rings. The molecule has 0 bridgehead atoms. The largest absolute Gasteiger partial charge is 0.401 e. The third-order valence-electron chi connectivity index (χ3n) is 2.62. The Kier molecular flexibility index (Phi) is 9.80. The van der Waals surface area contributed by atoms with Crippen LogP contribution in [0.1, 0.15) is 13.3 Å². The molecule has 1 aliphatic rings. The molecule has 2 N–H and O–H groups in total. The summed E-state index contributed by atoms with van der Waals surface area (Å²) in [7, 11) is 0. The maximum Gasteiger partial charge on any atom is 0.401 e. The molecule has 1 saturated heterocycles. The Morgan fingerprint density at radius 2 is 1.68 bits per heavy atom. The fraction of sp³-hybridized carbons (Fsp3) is 0.900. The summed E-state index contributed by atoms with van der Waals surface area (Å²) >= 11 is 0. The number of hydrogen-bond donors (Lipinski definition) is 1. The zero-order valence-electron chi connectivity index (χ0n) is 10.7. The smallest absolute Gasteiger partial charge is 0.340 e. The van der Waals surface area contributed by atoms with E-state index in [1.54, 1.807) is 11.8 Å². The molecule has 1 unspecified atom stereocenters. The summed E-state index contributed by atoms with van der Waals surface area (Å²) in [5.74, 6) is -0.0772. The van der Waals surface area contributed by atoms with Gasteiger partial charge in [0.15, 0.2) is 0 Å². The highest BCUT2D eigenvalue weighted by Gasteiger charge is 2.32. The van der Waals surface area contributed by atoms with Gasteiger partial charge in [-0.15, -0.1) is 24.8 Å². The minimum Gasteiger partial charge on any atom is -0.340 e. The molecule has 0 spiro atoms. The van der Waals surface area contributed by atoms with Gasteiger partial charge in [-0.3, -0.25) is 9.69 Å². The number of rotatable bonds is 3. The van der Waals surface area contributed by atoms with Crippen LogP contribution in [0, 0.1) is 0 Å². The van der Waals surface area contributed by atoms with Crippen LogP contribution < -0.4 is 5.73 Å². The van der Waals surface area contributed by atoms with Gasteiger partial charge in [-0.1, -0.05) is 0 Å². The highest BCUT2D eigenvalue weighted by Crippen LogP contribution is 2.17. The van der Waals surface area contributed by atoms with Crippen molar-refractivity contribution in [1.29, 1.82) is 0 Å². The third kappa shape index (κ3) is 8.52. The van der Waals surface area contributed by atoms with E-state index in [-0.39, 0.29) is 56.3 Å². The van der Waals surface area contributed by atoms with E-state index in [1.807, 2.05) is 0 Å². The molecule has 116 valence electrons. The Balaban J connectivity index is 0. The number of nitrogens with two attached hydrogens (primary N) is 1. The van der Waals surface area contributed by atoms with Crippen LogP contribution in [0.2, 0.25) is 0 Å². The second kappa shape index (κ2) is 8.84. The van der Waals surface area contributed by atoms with Crippen molar-refractivity contribution < 1.29 is 18.0 Å². The Morgan fingerprint density at radius 1 is 1.21 bits per heavy atom. The number of hydrogen-bond acceptors (Lipinski definition) is 3. The SMILES string of the molecule is CC(N)CC(=O)N1CCN(CC(F)(F)F)CC1.Cl.Cl. The number of halogens is 5. The zero-order valence-corrected chi connectivity index (χ0v) is 12.3. The standard InChI is InChI=1S/C10H18F3N3O.2ClH/c1-8(14)6-9(17)16-4-2-15(3-5-16)7-10(11,12)13;;/h8H,2-7,14H2,1H3;2*1H. The van der Waals surface area contributed by atoms with E-state index in [2.05, 4.69) is 0 Å². The quantitative estimate of drug-likeness (QED) is 0.850. The molecule has 0 aromatic heterocycles. The Morgan fingerprint density at radius 3 is 2.05 bits per heavy atom. The molecule has 1 heterocycles. The van der Waals surface area contributed by atoms with Crippen LogP contribution in [0.3, 0.4) is 0 Å². The second-order valence-corrected chi connectivity index (χ2v) is 4.45. The summed E-state index contributed by atoms with van der Waals surface area (Å²) in [6.45, 7) is 2.07. The molecule has 4 nitrogen and oxygen atoms in total. The summed E-state index contributed by atoms with van der Waals surface area (Å²) in [4.78, 5) is 14.5. The number of alkyl halides is 3. The molecule has 1 rings (SSSR count). The number of carbonyl (C=O) groups is 1. The van der Waals surface area contributed by atoms with Crippen molar-refractivity contribution in [2.24, 2.45) is 5.73 Å². The number of carbonyl (C=O) groups excluding carboxylic acids is 1. The molecule has 19 heavy (non-hydrogen) atoms. The van der Waals surface area contributed by atoms with Gasteiger partial charge in [0, 0.05) is 38.6 Å². The first-order valence-electron chi connectivity index (χ1n) is 5.60. The van der Waals surface area contributed by atoms with E-state index in [0.717, 1.165) is 0 Å². The van der Waals surface area contributed by atoms with Gasteiger partial charge < -0.3 is 10.6 Å². The molecule has 9 heteroatoms. The van der Waals surface area contributed by atoms with Crippen molar-refractivity contribution in [2.75, 3.05) is 32.7 Å². The molecule has 1 aliphatic heterocycles. The normalized spacial score (nSPS) is 18.3. The summed E-state index contributed by atoms with van der Waals surface area (Å²) in [5.41, 5.74) is 5.50. The molecular weight excluding hydrogens is 306 g/mol. The van der Waals surface area contributed by atoms with Crippen LogP contribution in [0.4, 0.5) is 13.2 Å². The molecular formula is C10H20Cl2F3N3O. The Labute approximate surface area is 123 Å². The number of nitrogens with zero attached hydrogens (tertiary/aromatic N) is 2. The fourth-order valence-corrected chi connectivity index (χ4v) is 1.81. The second-order valence-electron chi connectivity index (χ2n) is 4.45.